The molecule has 0 spiro atoms. The van der Waals surface area contributed by atoms with Crippen LogP contribution in [0.25, 0.3) is 0 Å². The summed E-state index contributed by atoms with van der Waals surface area (Å²) in [5.41, 5.74) is 9.91. The van der Waals surface area contributed by atoms with E-state index in [9.17, 15) is 5.11 Å². The summed E-state index contributed by atoms with van der Waals surface area (Å²) in [7, 11) is 1.95. The maximum absolute atomic E-state index is 9.86. The van der Waals surface area contributed by atoms with E-state index in [0.717, 1.165) is 44.9 Å². The Morgan fingerprint density at radius 3 is 1.11 bits per heavy atom. The number of nitrogens with one attached hydrogen (secondary N) is 2. The fraction of sp³-hybridized carbons (Fsp3) is 0.327. The van der Waals surface area contributed by atoms with Gasteiger partial charge in [-0.05, 0) is 113 Å². The van der Waals surface area contributed by atoms with Gasteiger partial charge in [-0.3, -0.25) is 10.6 Å². The van der Waals surface area contributed by atoms with Gasteiger partial charge < -0.3 is 23.6 Å². The molecule has 0 bridgehead atoms. The highest BCUT2D eigenvalue weighted by atomic mass is 31.2. The Hall–Kier alpha value is -5.40. The number of rotatable bonds is 20. The Balaban J connectivity index is 0.000000264. The van der Waals surface area contributed by atoms with E-state index >= 15 is 0 Å². The van der Waals surface area contributed by atoms with Crippen LogP contribution in [0.15, 0.2) is 146 Å². The van der Waals surface area contributed by atoms with Crippen LogP contribution in [0.3, 0.4) is 0 Å². The smallest absolute Gasteiger partial charge is 0.260 e. The number of ether oxygens (including phenoxy) is 2. The summed E-state index contributed by atoms with van der Waals surface area (Å²) < 4.78 is 25.7. The minimum absolute atomic E-state index is 0.145. The average molecular weight is 895 g/mol. The molecule has 6 rings (SSSR count). The topological polar surface area (TPSA) is 108 Å². The Morgan fingerprint density at radius 1 is 0.523 bits per heavy atom. The van der Waals surface area contributed by atoms with Gasteiger partial charge >= 0.3 is 0 Å². The first-order valence-electron chi connectivity index (χ1n) is 22.2. The number of nitrogens with zero attached hydrogens (tertiary/aromatic N) is 2. The summed E-state index contributed by atoms with van der Waals surface area (Å²) in [4.78, 5) is 0. The molecule has 3 N–H and O–H groups in total. The Kier molecular flexibility index (Phi) is 18.9. The minimum atomic E-state index is -1.39. The first kappa shape index (κ1) is 50.6. The van der Waals surface area contributed by atoms with Gasteiger partial charge in [0.25, 0.3) is 8.53 Å². The number of hydrogen-bond acceptors (Lipinski definition) is 9. The van der Waals surface area contributed by atoms with Gasteiger partial charge in [0.15, 0.2) is 0 Å². The van der Waals surface area contributed by atoms with Crippen molar-refractivity contribution in [3.8, 4) is 17.6 Å². The fourth-order valence-electron chi connectivity index (χ4n) is 8.14. The van der Waals surface area contributed by atoms with Crippen molar-refractivity contribution in [2.24, 2.45) is 0 Å². The summed E-state index contributed by atoms with van der Waals surface area (Å²) >= 11 is 0. The first-order chi connectivity index (χ1) is 31.3. The largest absolute Gasteiger partial charge is 0.497 e. The van der Waals surface area contributed by atoms with Crippen LogP contribution in [0, 0.1) is 39.0 Å². The second-order valence-electron chi connectivity index (χ2n) is 16.8. The highest BCUT2D eigenvalue weighted by molar-refractivity contribution is 7.44. The normalized spacial score (nSPS) is 12.1. The van der Waals surface area contributed by atoms with Crippen LogP contribution in [0.1, 0.15) is 89.8 Å². The van der Waals surface area contributed by atoms with Crippen molar-refractivity contribution in [2.45, 2.75) is 85.0 Å². The number of nitriles is 1. The molecule has 0 saturated heterocycles. The molecule has 0 aliphatic carbocycles. The SMILES string of the molecule is COc1ccc(C(NCO)(c2ccc(C)cc2)c2ccc(C)cc2)cc1.COc1ccc(C(NCOP(OCCC#N)N(C(C)C)C(C)C)(c2ccc(C)cc2)c2ccc(C)cc2)cc1. The number of benzene rings is 6. The lowest BCUT2D eigenvalue weighted by Crippen LogP contribution is -2.46. The van der Waals surface area contributed by atoms with E-state index in [4.69, 9.17) is 23.8 Å². The Morgan fingerprint density at radius 2 is 0.831 bits per heavy atom. The third-order valence-corrected chi connectivity index (χ3v) is 13.6. The van der Waals surface area contributed by atoms with Crippen molar-refractivity contribution < 1.29 is 23.6 Å². The lowest BCUT2D eigenvalue weighted by molar-refractivity contribution is 0.159. The lowest BCUT2D eigenvalue weighted by atomic mass is 9.76. The van der Waals surface area contributed by atoms with Crippen LogP contribution < -0.4 is 20.1 Å². The highest BCUT2D eigenvalue weighted by Crippen LogP contribution is 2.47. The quantitative estimate of drug-likeness (QED) is 0.0299. The van der Waals surface area contributed by atoms with Crippen LogP contribution in [-0.2, 0) is 20.1 Å². The molecule has 6 aromatic carbocycles. The van der Waals surface area contributed by atoms with E-state index in [1.807, 2.05) is 36.4 Å². The molecule has 342 valence electrons. The van der Waals surface area contributed by atoms with Crippen LogP contribution in [0.2, 0.25) is 0 Å². The van der Waals surface area contributed by atoms with E-state index in [1.54, 1.807) is 14.2 Å². The third kappa shape index (κ3) is 12.5. The summed E-state index contributed by atoms with van der Waals surface area (Å²) in [6.07, 6.45) is 0.322. The number of aryl methyl sites for hydroxylation is 4. The maximum atomic E-state index is 9.86. The van der Waals surface area contributed by atoms with Gasteiger partial charge in [0.2, 0.25) is 0 Å². The molecule has 1 atom stereocenters. The summed E-state index contributed by atoms with van der Waals surface area (Å²) in [5, 5.41) is 26.1. The maximum Gasteiger partial charge on any atom is 0.260 e. The van der Waals surface area contributed by atoms with Crippen LogP contribution in [-0.4, -0.2) is 56.1 Å². The summed E-state index contributed by atoms with van der Waals surface area (Å²) in [6.45, 7) is 17.3. The molecular formula is C55H67N4O5P. The van der Waals surface area contributed by atoms with E-state index < -0.39 is 19.6 Å². The molecule has 0 amide bonds. The summed E-state index contributed by atoms with van der Waals surface area (Å²) in [5.74, 6) is 1.61. The van der Waals surface area contributed by atoms with E-state index in [1.165, 1.54) is 22.3 Å². The second kappa shape index (κ2) is 24.2. The molecule has 1 unspecified atom stereocenters. The molecule has 0 aliphatic rings. The van der Waals surface area contributed by atoms with Gasteiger partial charge in [0, 0.05) is 12.1 Å². The predicted octanol–water partition coefficient (Wildman–Crippen LogP) is 11.6. The number of hydrogen-bond donors (Lipinski definition) is 3. The van der Waals surface area contributed by atoms with Gasteiger partial charge in [0.05, 0.1) is 51.1 Å². The standard InChI is InChI=1S/C32H42N3O3P.C23H25NO2/c1-24(2)35(25(3)4)39(37-22-8-21-33)38-23-34-32(28-13-9-26(5)10-14-28,29-15-11-27(6)12-16-29)30-17-19-31(36-7)20-18-30;1-17-4-8-19(9-5-17)23(24-16-25,20-10-6-18(2)7-11-20)21-12-14-22(26-3)15-13-21/h9-20,24-25,34H,8,22-23H2,1-7H3;4-15,24-25H,16H2,1-3H3. The monoisotopic (exact) mass is 894 g/mol. The zero-order valence-corrected chi connectivity index (χ0v) is 40.7. The van der Waals surface area contributed by atoms with Gasteiger partial charge in [-0.25, -0.2) is 4.67 Å². The highest BCUT2D eigenvalue weighted by Gasteiger charge is 2.38. The van der Waals surface area contributed by atoms with Crippen molar-refractivity contribution >= 4 is 8.53 Å². The zero-order chi connectivity index (χ0) is 47.0. The van der Waals surface area contributed by atoms with E-state index in [-0.39, 0.29) is 25.5 Å². The fourth-order valence-corrected chi connectivity index (χ4v) is 9.65. The predicted molar refractivity (Wildman–Crippen MR) is 265 cm³/mol. The van der Waals surface area contributed by atoms with Crippen LogP contribution >= 0.6 is 8.53 Å². The molecule has 10 heteroatoms. The third-order valence-electron chi connectivity index (χ3n) is 11.5. The molecule has 0 fully saturated rings. The zero-order valence-electron chi connectivity index (χ0n) is 39.8. The van der Waals surface area contributed by atoms with Gasteiger partial charge in [-0.15, -0.1) is 0 Å². The first-order valence-corrected chi connectivity index (χ1v) is 23.4. The molecule has 0 aromatic heterocycles. The molecular weight excluding hydrogens is 828 g/mol. The van der Waals surface area contributed by atoms with E-state index in [2.05, 4.69) is 186 Å². The summed E-state index contributed by atoms with van der Waals surface area (Å²) in [6, 6.07) is 52.9. The Bertz CT molecular complexity index is 2270. The Labute approximate surface area is 389 Å². The molecule has 0 radical (unpaired) electrons. The van der Waals surface area contributed by atoms with Gasteiger partial charge in [-0.2, -0.15) is 5.26 Å². The molecule has 0 saturated carbocycles. The van der Waals surface area contributed by atoms with Gasteiger partial charge in [0.1, 0.15) is 18.2 Å². The van der Waals surface area contributed by atoms with Crippen molar-refractivity contribution in [1.82, 2.24) is 15.3 Å². The lowest BCUT2D eigenvalue weighted by Gasteiger charge is -2.39. The van der Waals surface area contributed by atoms with Crippen LogP contribution in [0.4, 0.5) is 0 Å². The van der Waals surface area contributed by atoms with Crippen LogP contribution in [0.5, 0.6) is 11.5 Å². The molecule has 65 heavy (non-hydrogen) atoms. The van der Waals surface area contributed by atoms with Gasteiger partial charge in [-0.1, -0.05) is 144 Å². The molecule has 6 aromatic rings. The average Bonchev–Trinajstić information content (AvgIpc) is 3.31. The van der Waals surface area contributed by atoms with Crippen molar-refractivity contribution in [3.05, 3.63) is 201 Å². The van der Waals surface area contributed by atoms with E-state index in [0.29, 0.717) is 13.0 Å². The number of aliphatic hydroxyl groups is 1. The van der Waals surface area contributed by atoms with Crippen molar-refractivity contribution in [1.29, 1.82) is 5.26 Å². The molecule has 0 aliphatic heterocycles. The number of aliphatic hydroxyl groups excluding tert-OH is 1. The minimum Gasteiger partial charge on any atom is -0.497 e. The van der Waals surface area contributed by atoms with Crippen molar-refractivity contribution in [3.63, 3.8) is 0 Å². The molecule has 9 nitrogen and oxygen atoms in total. The number of methoxy groups -OCH3 is 2. The van der Waals surface area contributed by atoms with Crippen molar-refractivity contribution in [2.75, 3.05) is 34.3 Å². The second-order valence-corrected chi connectivity index (χ2v) is 18.2. The molecule has 0 heterocycles.